The molecule has 0 fully saturated rings. The fraction of sp³-hybridized carbons (Fsp3) is 0.100. The van der Waals surface area contributed by atoms with Crippen molar-refractivity contribution >= 4 is 5.69 Å². The van der Waals surface area contributed by atoms with E-state index in [1.807, 2.05) is 6.07 Å². The van der Waals surface area contributed by atoms with Gasteiger partial charge in [0.2, 0.25) is 0 Å². The fourth-order valence-corrected chi connectivity index (χ4v) is 0.920. The third-order valence-electron chi connectivity index (χ3n) is 1.52. The highest BCUT2D eigenvalue weighted by molar-refractivity contribution is 5.59. The van der Waals surface area contributed by atoms with Crippen LogP contribution < -0.4 is 5.73 Å². The summed E-state index contributed by atoms with van der Waals surface area (Å²) in [6.45, 7) is 1.62. The molecule has 0 aromatic heterocycles. The summed E-state index contributed by atoms with van der Waals surface area (Å²) in [5.74, 6) is 4.62. The second kappa shape index (κ2) is 3.60. The number of nitrogens with zero attached hydrogens (tertiary/aromatic N) is 1. The number of hydrogen-bond acceptors (Lipinski definition) is 2. The van der Waals surface area contributed by atoms with Crippen molar-refractivity contribution in [3.05, 3.63) is 29.1 Å². The van der Waals surface area contributed by atoms with Crippen molar-refractivity contribution in [2.75, 3.05) is 5.73 Å². The molecule has 2 N–H and O–H groups in total. The Morgan fingerprint density at radius 1 is 1.46 bits per heavy atom. The van der Waals surface area contributed by atoms with Gasteiger partial charge >= 0.3 is 0 Å². The van der Waals surface area contributed by atoms with Gasteiger partial charge < -0.3 is 5.73 Å². The van der Waals surface area contributed by atoms with Crippen molar-refractivity contribution < 1.29 is 4.39 Å². The average Bonchev–Trinajstić information content (AvgIpc) is 2.13. The topological polar surface area (TPSA) is 49.8 Å². The molecule has 0 saturated carbocycles. The fourth-order valence-electron chi connectivity index (χ4n) is 0.920. The zero-order valence-corrected chi connectivity index (χ0v) is 7.06. The van der Waals surface area contributed by atoms with E-state index in [0.717, 1.165) is 6.07 Å². The summed E-state index contributed by atoms with van der Waals surface area (Å²) in [7, 11) is 0. The number of nitrogen functional groups attached to an aromatic ring is 1. The predicted octanol–water partition coefficient (Wildman–Crippen LogP) is 1.65. The normalized spacial score (nSPS) is 8.38. The molecule has 0 bridgehead atoms. The summed E-state index contributed by atoms with van der Waals surface area (Å²) < 4.78 is 13.0. The molecule has 1 aromatic carbocycles. The van der Waals surface area contributed by atoms with E-state index in [4.69, 9.17) is 11.0 Å². The molecule has 3 heteroatoms. The zero-order chi connectivity index (χ0) is 9.84. The van der Waals surface area contributed by atoms with Gasteiger partial charge in [-0.05, 0) is 19.1 Å². The quantitative estimate of drug-likeness (QED) is 0.480. The molecule has 0 unspecified atom stereocenters. The first-order chi connectivity index (χ1) is 6.19. The third kappa shape index (κ3) is 1.77. The van der Waals surface area contributed by atoms with Gasteiger partial charge in [-0.15, -0.1) is 5.92 Å². The molecule has 0 aliphatic carbocycles. The highest BCUT2D eigenvalue weighted by Crippen LogP contribution is 2.17. The Morgan fingerprint density at radius 3 is 2.69 bits per heavy atom. The number of anilines is 1. The minimum absolute atomic E-state index is 0.00616. The Bertz CT molecular complexity index is 433. The molecule has 0 amide bonds. The SMILES string of the molecule is CC#Cc1cc(C#N)cc(F)c1N. The number of nitrogens with two attached hydrogens (primary N) is 1. The number of rotatable bonds is 0. The van der Waals surface area contributed by atoms with Crippen molar-refractivity contribution in [1.29, 1.82) is 5.26 Å². The van der Waals surface area contributed by atoms with Crippen molar-refractivity contribution in [1.82, 2.24) is 0 Å². The van der Waals surface area contributed by atoms with Crippen molar-refractivity contribution in [2.24, 2.45) is 0 Å². The molecule has 0 spiro atoms. The van der Waals surface area contributed by atoms with Gasteiger partial charge in [0.25, 0.3) is 0 Å². The van der Waals surface area contributed by atoms with E-state index in [-0.39, 0.29) is 11.3 Å². The molecule has 0 heterocycles. The molecular formula is C10H7FN2. The van der Waals surface area contributed by atoms with Crippen LogP contribution in [0.3, 0.4) is 0 Å². The summed E-state index contributed by atoms with van der Waals surface area (Å²) in [5.41, 5.74) is 5.99. The van der Waals surface area contributed by atoms with Crippen LogP contribution in [0.1, 0.15) is 18.1 Å². The largest absolute Gasteiger partial charge is 0.395 e. The molecular weight excluding hydrogens is 167 g/mol. The summed E-state index contributed by atoms with van der Waals surface area (Å²) in [5, 5.41) is 8.54. The minimum Gasteiger partial charge on any atom is -0.395 e. The number of halogens is 1. The van der Waals surface area contributed by atoms with Crippen LogP contribution in [0.4, 0.5) is 10.1 Å². The van der Waals surface area contributed by atoms with Crippen molar-refractivity contribution in [3.63, 3.8) is 0 Å². The second-order valence-electron chi connectivity index (χ2n) is 2.41. The summed E-state index contributed by atoms with van der Waals surface area (Å²) in [4.78, 5) is 0. The van der Waals surface area contributed by atoms with Gasteiger partial charge in [-0.2, -0.15) is 5.26 Å². The van der Waals surface area contributed by atoms with Crippen LogP contribution in [0, 0.1) is 29.0 Å². The first-order valence-corrected chi connectivity index (χ1v) is 3.61. The molecule has 1 rings (SSSR count). The molecule has 0 atom stereocenters. The second-order valence-corrected chi connectivity index (χ2v) is 2.41. The Hall–Kier alpha value is -2.00. The van der Waals surface area contributed by atoms with Crippen LogP contribution >= 0.6 is 0 Å². The summed E-state index contributed by atoms with van der Waals surface area (Å²) in [6, 6.07) is 4.39. The van der Waals surface area contributed by atoms with E-state index in [9.17, 15) is 4.39 Å². The maximum absolute atomic E-state index is 13.0. The van der Waals surface area contributed by atoms with Crippen molar-refractivity contribution in [3.8, 4) is 17.9 Å². The third-order valence-corrected chi connectivity index (χ3v) is 1.52. The Labute approximate surface area is 75.8 Å². The zero-order valence-electron chi connectivity index (χ0n) is 7.06. The van der Waals surface area contributed by atoms with E-state index in [2.05, 4.69) is 11.8 Å². The van der Waals surface area contributed by atoms with Gasteiger partial charge in [0.1, 0.15) is 5.82 Å². The maximum Gasteiger partial charge on any atom is 0.148 e. The van der Waals surface area contributed by atoms with E-state index < -0.39 is 5.82 Å². The first kappa shape index (κ1) is 9.09. The first-order valence-electron chi connectivity index (χ1n) is 3.61. The Balaban J connectivity index is 3.41. The summed E-state index contributed by atoms with van der Waals surface area (Å²) in [6.07, 6.45) is 0. The van der Waals surface area contributed by atoms with Crippen LogP contribution in [0.2, 0.25) is 0 Å². The Morgan fingerprint density at radius 2 is 2.15 bits per heavy atom. The van der Waals surface area contributed by atoms with Crippen LogP contribution in [0.5, 0.6) is 0 Å². The smallest absolute Gasteiger partial charge is 0.148 e. The molecule has 0 aliphatic heterocycles. The van der Waals surface area contributed by atoms with Crippen LogP contribution in [0.15, 0.2) is 12.1 Å². The van der Waals surface area contributed by atoms with Crippen LogP contribution in [0.25, 0.3) is 0 Å². The monoisotopic (exact) mass is 174 g/mol. The minimum atomic E-state index is -0.600. The van der Waals surface area contributed by atoms with Gasteiger partial charge in [-0.1, -0.05) is 5.92 Å². The van der Waals surface area contributed by atoms with Gasteiger partial charge in [0.15, 0.2) is 0 Å². The van der Waals surface area contributed by atoms with E-state index in [1.165, 1.54) is 6.07 Å². The van der Waals surface area contributed by atoms with Crippen LogP contribution in [-0.4, -0.2) is 0 Å². The van der Waals surface area contributed by atoms with E-state index >= 15 is 0 Å². The molecule has 13 heavy (non-hydrogen) atoms. The highest BCUT2D eigenvalue weighted by Gasteiger charge is 2.05. The lowest BCUT2D eigenvalue weighted by Crippen LogP contribution is -1.96. The summed E-state index contributed by atoms with van der Waals surface area (Å²) >= 11 is 0. The molecule has 0 radical (unpaired) electrons. The van der Waals surface area contributed by atoms with Gasteiger partial charge in [0, 0.05) is 0 Å². The lowest BCUT2D eigenvalue weighted by molar-refractivity contribution is 0.631. The predicted molar refractivity (Wildman–Crippen MR) is 48.1 cm³/mol. The van der Waals surface area contributed by atoms with E-state index in [1.54, 1.807) is 6.92 Å². The number of benzene rings is 1. The van der Waals surface area contributed by atoms with Crippen molar-refractivity contribution in [2.45, 2.75) is 6.92 Å². The lowest BCUT2D eigenvalue weighted by atomic mass is 10.1. The number of nitriles is 1. The van der Waals surface area contributed by atoms with Gasteiger partial charge in [-0.3, -0.25) is 0 Å². The molecule has 2 nitrogen and oxygen atoms in total. The van der Waals surface area contributed by atoms with Gasteiger partial charge in [0.05, 0.1) is 22.9 Å². The average molecular weight is 174 g/mol. The number of hydrogen-bond donors (Lipinski definition) is 1. The molecule has 0 aliphatic rings. The molecule has 1 aromatic rings. The standard InChI is InChI=1S/C10H7FN2/c1-2-3-8-4-7(6-12)5-9(11)10(8)13/h4-5H,13H2,1H3. The lowest BCUT2D eigenvalue weighted by Gasteiger charge is -1.99. The van der Waals surface area contributed by atoms with Crippen LogP contribution in [-0.2, 0) is 0 Å². The van der Waals surface area contributed by atoms with E-state index in [0.29, 0.717) is 5.56 Å². The maximum atomic E-state index is 13.0. The Kier molecular flexibility index (Phi) is 2.52. The molecule has 64 valence electrons. The highest BCUT2D eigenvalue weighted by atomic mass is 19.1. The van der Waals surface area contributed by atoms with Gasteiger partial charge in [-0.25, -0.2) is 4.39 Å². The molecule has 0 saturated heterocycles.